The lowest BCUT2D eigenvalue weighted by Crippen LogP contribution is -2.30. The highest BCUT2D eigenvalue weighted by Gasteiger charge is 2.22. The number of nitrogens with two attached hydrogens (primary N) is 1. The van der Waals surface area contributed by atoms with E-state index in [2.05, 4.69) is 20.4 Å². The van der Waals surface area contributed by atoms with Gasteiger partial charge in [0.05, 0.1) is 31.6 Å². The zero-order valence-electron chi connectivity index (χ0n) is 9.95. The molecule has 3 N–H and O–H groups in total. The van der Waals surface area contributed by atoms with Crippen LogP contribution >= 0.6 is 11.3 Å². The average Bonchev–Trinajstić information content (AvgIpc) is 2.94. The number of hydrogen-bond acceptors (Lipinski definition) is 8. The second kappa shape index (κ2) is 5.71. The van der Waals surface area contributed by atoms with E-state index in [9.17, 15) is 0 Å². The van der Waals surface area contributed by atoms with Crippen molar-refractivity contribution in [1.82, 2.24) is 20.4 Å². The highest BCUT2D eigenvalue weighted by molar-refractivity contribution is 7.07. The summed E-state index contributed by atoms with van der Waals surface area (Å²) >= 11 is 1.48. The first-order valence-corrected chi connectivity index (χ1v) is 6.03. The molecule has 2 heterocycles. The van der Waals surface area contributed by atoms with Gasteiger partial charge in [0, 0.05) is 5.38 Å². The molecule has 96 valence electrons. The van der Waals surface area contributed by atoms with Crippen LogP contribution in [0.4, 0.5) is 0 Å². The zero-order valence-corrected chi connectivity index (χ0v) is 10.8. The van der Waals surface area contributed by atoms with Gasteiger partial charge in [0.25, 0.3) is 0 Å². The summed E-state index contributed by atoms with van der Waals surface area (Å²) in [6, 6.07) is -0.371. The SMILES string of the molecule is COc1cnc(C(NN)c2cscn2)c(OC)n1. The zero-order chi connectivity index (χ0) is 13.0. The van der Waals surface area contributed by atoms with Crippen molar-refractivity contribution in [2.75, 3.05) is 14.2 Å². The molecule has 0 aromatic carbocycles. The van der Waals surface area contributed by atoms with Gasteiger partial charge in [0.1, 0.15) is 11.7 Å². The van der Waals surface area contributed by atoms with E-state index in [1.807, 2.05) is 5.38 Å². The molecule has 0 amide bonds. The lowest BCUT2D eigenvalue weighted by Gasteiger charge is -2.15. The van der Waals surface area contributed by atoms with Gasteiger partial charge in [0.15, 0.2) is 0 Å². The summed E-state index contributed by atoms with van der Waals surface area (Å²) in [5.74, 6) is 6.28. The predicted molar refractivity (Wildman–Crippen MR) is 66.4 cm³/mol. The number of aromatic nitrogens is 3. The molecule has 0 aliphatic heterocycles. The largest absolute Gasteiger partial charge is 0.480 e. The Hall–Kier alpha value is -1.77. The molecule has 0 radical (unpaired) electrons. The van der Waals surface area contributed by atoms with E-state index >= 15 is 0 Å². The fourth-order valence-electron chi connectivity index (χ4n) is 1.48. The van der Waals surface area contributed by atoms with Crippen LogP contribution in [0.2, 0.25) is 0 Å². The van der Waals surface area contributed by atoms with Crippen LogP contribution in [0.1, 0.15) is 17.4 Å². The molecule has 2 aromatic heterocycles. The number of thiazole rings is 1. The fraction of sp³-hybridized carbons (Fsp3) is 0.300. The van der Waals surface area contributed by atoms with Crippen molar-refractivity contribution >= 4 is 11.3 Å². The Morgan fingerprint density at radius 1 is 1.33 bits per heavy atom. The van der Waals surface area contributed by atoms with Gasteiger partial charge < -0.3 is 9.47 Å². The van der Waals surface area contributed by atoms with E-state index in [-0.39, 0.29) is 6.04 Å². The summed E-state index contributed by atoms with van der Waals surface area (Å²) in [5.41, 5.74) is 5.70. The predicted octanol–water partition coefficient (Wildman–Crippen LogP) is 0.503. The molecular formula is C10H13N5O2S. The quantitative estimate of drug-likeness (QED) is 0.601. The van der Waals surface area contributed by atoms with Gasteiger partial charge in [-0.05, 0) is 0 Å². The van der Waals surface area contributed by atoms with Gasteiger partial charge in [-0.25, -0.2) is 15.4 Å². The summed E-state index contributed by atoms with van der Waals surface area (Å²) in [7, 11) is 3.03. The molecule has 18 heavy (non-hydrogen) atoms. The number of hydrazine groups is 1. The van der Waals surface area contributed by atoms with Crippen LogP contribution in [0.5, 0.6) is 11.8 Å². The van der Waals surface area contributed by atoms with Gasteiger partial charge in [-0.15, -0.1) is 11.3 Å². The van der Waals surface area contributed by atoms with Crippen LogP contribution in [0.25, 0.3) is 0 Å². The molecule has 0 aliphatic rings. The van der Waals surface area contributed by atoms with Crippen molar-refractivity contribution in [3.05, 3.63) is 28.5 Å². The van der Waals surface area contributed by atoms with Gasteiger partial charge in [-0.2, -0.15) is 4.98 Å². The molecule has 0 saturated heterocycles. The molecular weight excluding hydrogens is 254 g/mol. The van der Waals surface area contributed by atoms with E-state index in [1.54, 1.807) is 5.51 Å². The number of nitrogens with one attached hydrogen (secondary N) is 1. The minimum atomic E-state index is -0.371. The number of nitrogens with zero attached hydrogens (tertiary/aromatic N) is 3. The normalized spacial score (nSPS) is 12.2. The molecule has 1 unspecified atom stereocenters. The highest BCUT2D eigenvalue weighted by Crippen LogP contribution is 2.27. The van der Waals surface area contributed by atoms with Gasteiger partial charge in [0.2, 0.25) is 11.8 Å². The standard InChI is InChI=1S/C10H13N5O2S/c1-16-7-3-12-9(10(14-7)17-2)8(15-11)6-4-18-5-13-6/h3-5,8,15H,11H2,1-2H3. The lowest BCUT2D eigenvalue weighted by molar-refractivity contribution is 0.352. The molecule has 0 fully saturated rings. The Kier molecular flexibility index (Phi) is 4.03. The van der Waals surface area contributed by atoms with Gasteiger partial charge >= 0.3 is 0 Å². The van der Waals surface area contributed by atoms with Crippen molar-refractivity contribution in [1.29, 1.82) is 0 Å². The van der Waals surface area contributed by atoms with Crippen LogP contribution in [0.3, 0.4) is 0 Å². The second-order valence-corrected chi connectivity index (χ2v) is 4.04. The van der Waals surface area contributed by atoms with E-state index in [1.165, 1.54) is 31.8 Å². The lowest BCUT2D eigenvalue weighted by atomic mass is 10.1. The molecule has 0 aliphatic carbocycles. The topological polar surface area (TPSA) is 95.2 Å². The molecule has 8 heteroatoms. The molecule has 0 saturated carbocycles. The summed E-state index contributed by atoms with van der Waals surface area (Å²) < 4.78 is 10.2. The molecule has 2 aromatic rings. The first kappa shape index (κ1) is 12.7. The minimum Gasteiger partial charge on any atom is -0.480 e. The molecule has 1 atom stereocenters. The maximum atomic E-state index is 5.55. The Bertz CT molecular complexity index is 505. The minimum absolute atomic E-state index is 0.352. The van der Waals surface area contributed by atoms with E-state index < -0.39 is 0 Å². The summed E-state index contributed by atoms with van der Waals surface area (Å²) in [6.45, 7) is 0. The second-order valence-electron chi connectivity index (χ2n) is 3.32. The molecule has 7 nitrogen and oxygen atoms in total. The van der Waals surface area contributed by atoms with Crippen LogP contribution in [-0.4, -0.2) is 29.2 Å². The Labute approximate surface area is 108 Å². The Balaban J connectivity index is 2.42. The summed E-state index contributed by atoms with van der Waals surface area (Å²) in [5, 5.41) is 1.88. The van der Waals surface area contributed by atoms with Crippen molar-refractivity contribution in [2.45, 2.75) is 6.04 Å². The number of ether oxygens (including phenoxy) is 2. The fourth-order valence-corrected chi connectivity index (χ4v) is 2.06. The van der Waals surface area contributed by atoms with Crippen molar-refractivity contribution < 1.29 is 9.47 Å². The van der Waals surface area contributed by atoms with E-state index in [0.29, 0.717) is 17.5 Å². The molecule has 2 rings (SSSR count). The van der Waals surface area contributed by atoms with Crippen LogP contribution in [0, 0.1) is 0 Å². The first-order valence-electron chi connectivity index (χ1n) is 5.09. The van der Waals surface area contributed by atoms with Crippen LogP contribution in [0.15, 0.2) is 17.1 Å². The highest BCUT2D eigenvalue weighted by atomic mass is 32.1. The Morgan fingerprint density at radius 3 is 2.72 bits per heavy atom. The van der Waals surface area contributed by atoms with Crippen molar-refractivity contribution in [3.8, 4) is 11.8 Å². The molecule has 0 spiro atoms. The third-order valence-corrected chi connectivity index (χ3v) is 2.94. The average molecular weight is 267 g/mol. The van der Waals surface area contributed by atoms with Gasteiger partial charge in [-0.1, -0.05) is 0 Å². The number of hydrogen-bond donors (Lipinski definition) is 2. The number of methoxy groups -OCH3 is 2. The molecule has 0 bridgehead atoms. The van der Waals surface area contributed by atoms with Crippen molar-refractivity contribution in [2.24, 2.45) is 5.84 Å². The van der Waals surface area contributed by atoms with Gasteiger partial charge in [-0.3, -0.25) is 5.84 Å². The van der Waals surface area contributed by atoms with Crippen molar-refractivity contribution in [3.63, 3.8) is 0 Å². The third-order valence-electron chi connectivity index (χ3n) is 2.33. The van der Waals surface area contributed by atoms with E-state index in [4.69, 9.17) is 15.3 Å². The van der Waals surface area contributed by atoms with E-state index in [0.717, 1.165) is 5.69 Å². The third kappa shape index (κ3) is 2.40. The monoisotopic (exact) mass is 267 g/mol. The summed E-state index contributed by atoms with van der Waals surface area (Å²) in [6.07, 6.45) is 1.51. The van der Waals surface area contributed by atoms with Crippen LogP contribution < -0.4 is 20.7 Å². The number of rotatable bonds is 5. The smallest absolute Gasteiger partial charge is 0.240 e. The van der Waals surface area contributed by atoms with Crippen LogP contribution in [-0.2, 0) is 0 Å². The Morgan fingerprint density at radius 2 is 2.17 bits per heavy atom. The first-order chi connectivity index (χ1) is 8.80. The maximum Gasteiger partial charge on any atom is 0.240 e. The maximum absolute atomic E-state index is 5.55. The summed E-state index contributed by atoms with van der Waals surface area (Å²) in [4.78, 5) is 12.6.